The molecule has 0 radical (unpaired) electrons. The molecule has 21 heavy (non-hydrogen) atoms. The van der Waals surface area contributed by atoms with E-state index in [1.165, 1.54) is 0 Å². The Morgan fingerprint density at radius 1 is 1.14 bits per heavy atom. The number of rotatable bonds is 8. The van der Waals surface area contributed by atoms with Gasteiger partial charge < -0.3 is 15.4 Å². The van der Waals surface area contributed by atoms with Crippen LogP contribution in [-0.4, -0.2) is 74.4 Å². The van der Waals surface area contributed by atoms with Gasteiger partial charge in [0.15, 0.2) is 0 Å². The Labute approximate surface area is 123 Å². The van der Waals surface area contributed by atoms with Crippen LogP contribution in [0.25, 0.3) is 0 Å². The number of hydrogen-bond donors (Lipinski definition) is 1. The number of unbranched alkanes of at least 4 members (excludes halogenated alkanes) is 1. The number of carbonyl (C=O) groups excluding carboxylic acids is 1. The Morgan fingerprint density at radius 3 is 2.38 bits per heavy atom. The number of nitrogens with zero attached hydrogens (tertiary/aromatic N) is 2. The minimum Gasteiger partial charge on any atom is -0.372 e. The van der Waals surface area contributed by atoms with Crippen LogP contribution in [0.1, 0.15) is 19.3 Å². The first-order valence-electron chi connectivity index (χ1n) is 7.27. The van der Waals surface area contributed by atoms with Gasteiger partial charge in [-0.15, -0.1) is 0 Å². The van der Waals surface area contributed by atoms with Gasteiger partial charge in [-0.1, -0.05) is 0 Å². The van der Waals surface area contributed by atoms with Crippen LogP contribution in [0.3, 0.4) is 0 Å². The fourth-order valence-electron chi connectivity index (χ4n) is 2.21. The SMILES string of the molecule is NCCCCN1CCN(C(=O)CCOCC(F)(F)F)CC1. The molecule has 2 N–H and O–H groups in total. The normalized spacial score (nSPS) is 17.2. The summed E-state index contributed by atoms with van der Waals surface area (Å²) in [6.45, 7) is 3.05. The number of alkyl halides is 3. The predicted molar refractivity (Wildman–Crippen MR) is 72.8 cm³/mol. The molecule has 0 spiro atoms. The van der Waals surface area contributed by atoms with Crippen molar-refractivity contribution >= 4 is 5.91 Å². The van der Waals surface area contributed by atoms with Crippen LogP contribution in [0.15, 0.2) is 0 Å². The summed E-state index contributed by atoms with van der Waals surface area (Å²) in [6, 6.07) is 0. The summed E-state index contributed by atoms with van der Waals surface area (Å²) < 4.78 is 40.1. The largest absolute Gasteiger partial charge is 0.411 e. The van der Waals surface area contributed by atoms with E-state index in [0.29, 0.717) is 19.6 Å². The molecule has 0 aromatic heterocycles. The average Bonchev–Trinajstić information content (AvgIpc) is 2.43. The van der Waals surface area contributed by atoms with E-state index >= 15 is 0 Å². The minimum atomic E-state index is -4.34. The van der Waals surface area contributed by atoms with Gasteiger partial charge in [-0.3, -0.25) is 9.69 Å². The van der Waals surface area contributed by atoms with Gasteiger partial charge in [-0.25, -0.2) is 0 Å². The zero-order chi connectivity index (χ0) is 15.7. The van der Waals surface area contributed by atoms with Crippen molar-refractivity contribution in [3.05, 3.63) is 0 Å². The summed E-state index contributed by atoms with van der Waals surface area (Å²) in [5, 5.41) is 0. The lowest BCUT2D eigenvalue weighted by Gasteiger charge is -2.34. The Balaban J connectivity index is 2.11. The van der Waals surface area contributed by atoms with Gasteiger partial charge in [0.2, 0.25) is 5.91 Å². The van der Waals surface area contributed by atoms with Gasteiger partial charge in [0.05, 0.1) is 13.0 Å². The van der Waals surface area contributed by atoms with E-state index in [0.717, 1.165) is 32.5 Å². The van der Waals surface area contributed by atoms with Crippen molar-refractivity contribution in [1.29, 1.82) is 0 Å². The highest BCUT2D eigenvalue weighted by Crippen LogP contribution is 2.14. The second-order valence-electron chi connectivity index (χ2n) is 5.14. The number of hydrogen-bond acceptors (Lipinski definition) is 4. The number of nitrogens with two attached hydrogens (primary N) is 1. The van der Waals surface area contributed by atoms with Crippen LogP contribution in [0.5, 0.6) is 0 Å². The molecule has 5 nitrogen and oxygen atoms in total. The fourth-order valence-corrected chi connectivity index (χ4v) is 2.21. The van der Waals surface area contributed by atoms with E-state index in [-0.39, 0.29) is 18.9 Å². The van der Waals surface area contributed by atoms with Gasteiger partial charge in [-0.2, -0.15) is 13.2 Å². The summed E-state index contributed by atoms with van der Waals surface area (Å²) in [4.78, 5) is 15.8. The molecule has 0 saturated carbocycles. The predicted octanol–water partition coefficient (Wildman–Crippen LogP) is 0.838. The standard InChI is InChI=1S/C13H24F3N3O2/c14-13(15,16)11-21-10-3-12(20)19-8-6-18(7-9-19)5-2-1-4-17/h1-11,17H2. The Bertz CT molecular complexity index is 306. The van der Waals surface area contributed by atoms with E-state index in [1.807, 2.05) is 0 Å². The van der Waals surface area contributed by atoms with Crippen LogP contribution in [0.2, 0.25) is 0 Å². The molecular formula is C13H24F3N3O2. The topological polar surface area (TPSA) is 58.8 Å². The highest BCUT2D eigenvalue weighted by atomic mass is 19.4. The third-order valence-corrected chi connectivity index (χ3v) is 3.38. The monoisotopic (exact) mass is 311 g/mol. The van der Waals surface area contributed by atoms with E-state index in [2.05, 4.69) is 9.64 Å². The van der Waals surface area contributed by atoms with Crippen LogP contribution in [0.4, 0.5) is 13.2 Å². The second kappa shape index (κ2) is 9.22. The molecule has 0 unspecified atom stereocenters. The first kappa shape index (κ1) is 18.2. The average molecular weight is 311 g/mol. The maximum atomic E-state index is 11.9. The second-order valence-corrected chi connectivity index (χ2v) is 5.14. The highest BCUT2D eigenvalue weighted by Gasteiger charge is 2.27. The number of carbonyl (C=O) groups is 1. The van der Waals surface area contributed by atoms with Gasteiger partial charge in [0, 0.05) is 26.2 Å². The summed E-state index contributed by atoms with van der Waals surface area (Å²) in [6.07, 6.45) is -2.28. The lowest BCUT2D eigenvalue weighted by Crippen LogP contribution is -2.49. The van der Waals surface area contributed by atoms with Gasteiger partial charge in [0.25, 0.3) is 0 Å². The van der Waals surface area contributed by atoms with Crippen molar-refractivity contribution in [3.8, 4) is 0 Å². The molecule has 8 heteroatoms. The number of amides is 1. The van der Waals surface area contributed by atoms with Gasteiger partial charge in [0.1, 0.15) is 6.61 Å². The number of piperazine rings is 1. The molecule has 1 amide bonds. The van der Waals surface area contributed by atoms with Crippen LogP contribution in [-0.2, 0) is 9.53 Å². The third kappa shape index (κ3) is 8.23. The highest BCUT2D eigenvalue weighted by molar-refractivity contribution is 5.76. The quantitative estimate of drug-likeness (QED) is 0.675. The van der Waals surface area contributed by atoms with Crippen molar-refractivity contribution in [3.63, 3.8) is 0 Å². The van der Waals surface area contributed by atoms with Crippen molar-refractivity contribution in [2.24, 2.45) is 5.73 Å². The van der Waals surface area contributed by atoms with Crippen molar-refractivity contribution in [2.75, 3.05) is 52.5 Å². The zero-order valence-corrected chi connectivity index (χ0v) is 12.2. The smallest absolute Gasteiger partial charge is 0.372 e. The zero-order valence-electron chi connectivity index (χ0n) is 12.2. The van der Waals surface area contributed by atoms with Crippen LogP contribution in [0, 0.1) is 0 Å². The first-order valence-corrected chi connectivity index (χ1v) is 7.27. The summed E-state index contributed by atoms with van der Waals surface area (Å²) in [5.41, 5.74) is 5.44. The lowest BCUT2D eigenvalue weighted by molar-refractivity contribution is -0.175. The first-order chi connectivity index (χ1) is 9.92. The summed E-state index contributed by atoms with van der Waals surface area (Å²) in [5.74, 6) is -0.140. The molecule has 0 atom stereocenters. The van der Waals surface area contributed by atoms with Gasteiger partial charge in [-0.05, 0) is 25.9 Å². The van der Waals surface area contributed by atoms with Crippen molar-refractivity contribution in [1.82, 2.24) is 9.80 Å². The van der Waals surface area contributed by atoms with E-state index < -0.39 is 12.8 Å². The molecule has 1 aliphatic rings. The lowest BCUT2D eigenvalue weighted by atomic mass is 10.2. The molecule has 1 heterocycles. The van der Waals surface area contributed by atoms with Gasteiger partial charge >= 0.3 is 6.18 Å². The Kier molecular flexibility index (Phi) is 7.98. The van der Waals surface area contributed by atoms with E-state index in [4.69, 9.17) is 5.73 Å². The number of ether oxygens (including phenoxy) is 1. The summed E-state index contributed by atoms with van der Waals surface area (Å²) in [7, 11) is 0. The minimum absolute atomic E-state index is 0.00323. The fraction of sp³-hybridized carbons (Fsp3) is 0.923. The molecule has 0 aliphatic carbocycles. The van der Waals surface area contributed by atoms with Crippen molar-refractivity contribution in [2.45, 2.75) is 25.4 Å². The molecule has 124 valence electrons. The molecule has 1 fully saturated rings. The summed E-state index contributed by atoms with van der Waals surface area (Å²) >= 11 is 0. The molecule has 0 aromatic carbocycles. The van der Waals surface area contributed by atoms with E-state index in [9.17, 15) is 18.0 Å². The molecule has 1 saturated heterocycles. The third-order valence-electron chi connectivity index (χ3n) is 3.38. The maximum Gasteiger partial charge on any atom is 0.411 e. The molecular weight excluding hydrogens is 287 g/mol. The maximum absolute atomic E-state index is 11.9. The molecule has 0 bridgehead atoms. The van der Waals surface area contributed by atoms with Crippen LogP contribution >= 0.6 is 0 Å². The number of halogens is 3. The molecule has 0 aromatic rings. The Hall–Kier alpha value is -0.860. The molecule has 1 aliphatic heterocycles. The molecule has 1 rings (SSSR count). The van der Waals surface area contributed by atoms with Crippen LogP contribution < -0.4 is 5.73 Å². The van der Waals surface area contributed by atoms with E-state index in [1.54, 1.807) is 4.90 Å². The van der Waals surface area contributed by atoms with Crippen molar-refractivity contribution < 1.29 is 22.7 Å². The Morgan fingerprint density at radius 2 is 1.81 bits per heavy atom.